The van der Waals surface area contributed by atoms with Crippen molar-refractivity contribution in [2.24, 2.45) is 7.05 Å². The molecule has 0 atom stereocenters. The van der Waals surface area contributed by atoms with Crippen LogP contribution in [0.15, 0.2) is 71.5 Å². The number of carbonyl (C=O) groups is 1. The fourth-order valence-corrected chi connectivity index (χ4v) is 4.51. The Morgan fingerprint density at radius 3 is 2.68 bits per heavy atom. The molecule has 1 aromatic carbocycles. The summed E-state index contributed by atoms with van der Waals surface area (Å²) in [6.07, 6.45) is 3.46. The topological polar surface area (TPSA) is 73.1 Å². The monoisotopic (exact) mass is 451 g/mol. The van der Waals surface area contributed by atoms with E-state index in [-0.39, 0.29) is 11.7 Å². The van der Waals surface area contributed by atoms with E-state index >= 15 is 0 Å². The van der Waals surface area contributed by atoms with Gasteiger partial charge in [0.15, 0.2) is 11.0 Å². The molecule has 7 nitrogen and oxygen atoms in total. The molecule has 158 valence electrons. The summed E-state index contributed by atoms with van der Waals surface area (Å²) in [6, 6.07) is 15.3. The van der Waals surface area contributed by atoms with Crippen molar-refractivity contribution in [1.82, 2.24) is 19.7 Å². The average Bonchev–Trinajstić information content (AvgIpc) is 3.46. The molecule has 0 saturated carbocycles. The zero-order valence-corrected chi connectivity index (χ0v) is 18.8. The minimum Gasteiger partial charge on any atom is -0.497 e. The molecule has 0 fully saturated rings. The summed E-state index contributed by atoms with van der Waals surface area (Å²) >= 11 is 3.00. The molecule has 0 bridgehead atoms. The van der Waals surface area contributed by atoms with Crippen LogP contribution < -0.4 is 9.64 Å². The minimum absolute atomic E-state index is 0.00510. The van der Waals surface area contributed by atoms with Gasteiger partial charge in [0, 0.05) is 35.6 Å². The zero-order chi connectivity index (χ0) is 21.6. The van der Waals surface area contributed by atoms with E-state index in [2.05, 4.69) is 15.2 Å². The molecule has 0 radical (unpaired) electrons. The Balaban J connectivity index is 1.50. The molecule has 0 N–H and O–H groups in total. The molecule has 0 aliphatic carbocycles. The maximum absolute atomic E-state index is 13.2. The van der Waals surface area contributed by atoms with Gasteiger partial charge in [-0.3, -0.25) is 9.78 Å². The standard InChI is InChI=1S/C22H21N5O2S2/c1-26-21(16-5-3-11-23-13-16)24-25-22(26)31-15-20(28)27(14-19-6-4-12-30-19)17-7-9-18(29-2)10-8-17/h3-13H,14-15H2,1-2H3. The molecule has 4 aromatic rings. The fraction of sp³-hybridized carbons (Fsp3) is 0.182. The summed E-state index contributed by atoms with van der Waals surface area (Å²) in [6.45, 7) is 0.517. The summed E-state index contributed by atoms with van der Waals surface area (Å²) in [4.78, 5) is 20.2. The number of benzene rings is 1. The van der Waals surface area contributed by atoms with Crippen LogP contribution in [-0.4, -0.2) is 38.5 Å². The number of thiophene rings is 1. The molecule has 4 rings (SSSR count). The van der Waals surface area contributed by atoms with Crippen LogP contribution in [0.5, 0.6) is 5.75 Å². The number of methoxy groups -OCH3 is 1. The summed E-state index contributed by atoms with van der Waals surface area (Å²) in [5.41, 5.74) is 1.71. The molecule has 0 aliphatic heterocycles. The minimum atomic E-state index is -0.00510. The number of hydrogen-bond donors (Lipinski definition) is 0. The molecule has 3 heterocycles. The highest BCUT2D eigenvalue weighted by molar-refractivity contribution is 7.99. The number of rotatable bonds is 8. The van der Waals surface area contributed by atoms with Crippen molar-refractivity contribution in [3.05, 3.63) is 71.2 Å². The Hall–Kier alpha value is -3.17. The van der Waals surface area contributed by atoms with Crippen molar-refractivity contribution in [3.63, 3.8) is 0 Å². The van der Waals surface area contributed by atoms with Crippen LogP contribution >= 0.6 is 23.1 Å². The van der Waals surface area contributed by atoms with E-state index in [1.54, 1.807) is 35.7 Å². The predicted molar refractivity (Wildman–Crippen MR) is 123 cm³/mol. The van der Waals surface area contributed by atoms with Crippen LogP contribution in [0, 0.1) is 0 Å². The van der Waals surface area contributed by atoms with Gasteiger partial charge in [-0.15, -0.1) is 21.5 Å². The van der Waals surface area contributed by atoms with Gasteiger partial charge in [-0.2, -0.15) is 0 Å². The van der Waals surface area contributed by atoms with Gasteiger partial charge in [0.05, 0.1) is 19.4 Å². The number of aromatic nitrogens is 4. The molecule has 0 aliphatic rings. The number of nitrogens with zero attached hydrogens (tertiary/aromatic N) is 5. The smallest absolute Gasteiger partial charge is 0.237 e. The highest BCUT2D eigenvalue weighted by Crippen LogP contribution is 2.26. The second-order valence-corrected chi connectivity index (χ2v) is 8.63. The van der Waals surface area contributed by atoms with E-state index in [1.165, 1.54) is 11.8 Å². The van der Waals surface area contributed by atoms with Crippen molar-refractivity contribution >= 4 is 34.7 Å². The summed E-state index contributed by atoms with van der Waals surface area (Å²) in [5, 5.41) is 11.2. The molecule has 9 heteroatoms. The number of thioether (sulfide) groups is 1. The molecule has 31 heavy (non-hydrogen) atoms. The van der Waals surface area contributed by atoms with E-state index in [0.717, 1.165) is 21.9 Å². The zero-order valence-electron chi connectivity index (χ0n) is 17.1. The van der Waals surface area contributed by atoms with Crippen molar-refractivity contribution in [2.45, 2.75) is 11.7 Å². The van der Waals surface area contributed by atoms with Crippen LogP contribution in [0.2, 0.25) is 0 Å². The molecular weight excluding hydrogens is 430 g/mol. The van der Waals surface area contributed by atoms with Crippen LogP contribution in [-0.2, 0) is 18.4 Å². The Bertz CT molecular complexity index is 1130. The Kier molecular flexibility index (Phi) is 6.63. The first-order chi connectivity index (χ1) is 15.2. The van der Waals surface area contributed by atoms with E-state index in [1.807, 2.05) is 65.5 Å². The average molecular weight is 452 g/mol. The number of hydrogen-bond acceptors (Lipinski definition) is 7. The third-order valence-corrected chi connectivity index (χ3v) is 6.52. The van der Waals surface area contributed by atoms with Crippen LogP contribution in [0.1, 0.15) is 4.88 Å². The highest BCUT2D eigenvalue weighted by atomic mass is 32.2. The summed E-state index contributed by atoms with van der Waals surface area (Å²) in [5.74, 6) is 1.71. The van der Waals surface area contributed by atoms with Crippen LogP contribution in [0.25, 0.3) is 11.4 Å². The quantitative estimate of drug-likeness (QED) is 0.373. The Labute approximate surface area is 188 Å². The van der Waals surface area contributed by atoms with E-state index in [0.29, 0.717) is 17.5 Å². The lowest BCUT2D eigenvalue weighted by Crippen LogP contribution is -2.31. The maximum atomic E-state index is 13.2. The van der Waals surface area contributed by atoms with Gasteiger partial charge in [-0.25, -0.2) is 0 Å². The lowest BCUT2D eigenvalue weighted by molar-refractivity contribution is -0.116. The van der Waals surface area contributed by atoms with Gasteiger partial charge in [0.1, 0.15) is 5.75 Å². The molecule has 0 saturated heterocycles. The number of carbonyl (C=O) groups excluding carboxylic acids is 1. The third kappa shape index (κ3) is 4.95. The number of ether oxygens (including phenoxy) is 1. The van der Waals surface area contributed by atoms with Crippen molar-refractivity contribution < 1.29 is 9.53 Å². The van der Waals surface area contributed by atoms with Gasteiger partial charge in [0.25, 0.3) is 0 Å². The second-order valence-electron chi connectivity index (χ2n) is 6.65. The lowest BCUT2D eigenvalue weighted by atomic mass is 10.2. The molecule has 0 spiro atoms. The lowest BCUT2D eigenvalue weighted by Gasteiger charge is -2.22. The third-order valence-electron chi connectivity index (χ3n) is 4.66. The molecule has 3 aromatic heterocycles. The first kappa shape index (κ1) is 21.1. The molecule has 1 amide bonds. The molecular formula is C22H21N5O2S2. The normalized spacial score (nSPS) is 10.8. The predicted octanol–water partition coefficient (Wildman–Crippen LogP) is 4.27. The van der Waals surface area contributed by atoms with E-state index in [9.17, 15) is 4.79 Å². The van der Waals surface area contributed by atoms with Crippen molar-refractivity contribution in [1.29, 1.82) is 0 Å². The van der Waals surface area contributed by atoms with Gasteiger partial charge < -0.3 is 14.2 Å². The van der Waals surface area contributed by atoms with Gasteiger partial charge in [-0.05, 0) is 47.8 Å². The van der Waals surface area contributed by atoms with Gasteiger partial charge >= 0.3 is 0 Å². The van der Waals surface area contributed by atoms with E-state index < -0.39 is 0 Å². The SMILES string of the molecule is COc1ccc(N(Cc2cccs2)C(=O)CSc2nnc(-c3cccnc3)n2C)cc1. The van der Waals surface area contributed by atoms with Gasteiger partial charge in [-0.1, -0.05) is 17.8 Å². The van der Waals surface area contributed by atoms with E-state index in [4.69, 9.17) is 4.74 Å². The number of anilines is 1. The second kappa shape index (κ2) is 9.76. The van der Waals surface area contributed by atoms with Crippen molar-refractivity contribution in [3.8, 4) is 17.1 Å². The van der Waals surface area contributed by atoms with Gasteiger partial charge in [0.2, 0.25) is 5.91 Å². The Morgan fingerprint density at radius 1 is 1.16 bits per heavy atom. The maximum Gasteiger partial charge on any atom is 0.237 e. The highest BCUT2D eigenvalue weighted by Gasteiger charge is 2.19. The Morgan fingerprint density at radius 2 is 2.00 bits per heavy atom. The number of amides is 1. The first-order valence-corrected chi connectivity index (χ1v) is 11.4. The summed E-state index contributed by atoms with van der Waals surface area (Å²) in [7, 11) is 3.52. The van der Waals surface area contributed by atoms with Crippen LogP contribution in [0.4, 0.5) is 5.69 Å². The first-order valence-electron chi connectivity index (χ1n) is 9.55. The summed E-state index contributed by atoms with van der Waals surface area (Å²) < 4.78 is 7.13. The fourth-order valence-electron chi connectivity index (χ4n) is 3.04. The van der Waals surface area contributed by atoms with Crippen molar-refractivity contribution in [2.75, 3.05) is 17.8 Å². The number of pyridine rings is 1. The largest absolute Gasteiger partial charge is 0.497 e. The molecule has 0 unspecified atom stereocenters. The van der Waals surface area contributed by atoms with Crippen LogP contribution in [0.3, 0.4) is 0 Å².